The quantitative estimate of drug-likeness (QED) is 0.878. The van der Waals surface area contributed by atoms with Crippen LogP contribution in [0.1, 0.15) is 31.2 Å². The van der Waals surface area contributed by atoms with Gasteiger partial charge in [-0.1, -0.05) is 36.6 Å². The second-order valence-electron chi connectivity index (χ2n) is 6.00. The molecule has 3 rings (SSSR count). The zero-order valence-corrected chi connectivity index (χ0v) is 12.1. The highest BCUT2D eigenvalue weighted by Crippen LogP contribution is 2.57. The van der Waals surface area contributed by atoms with Crippen molar-refractivity contribution >= 4 is 11.6 Å². The number of likely N-dealkylation sites (N-methyl/N-ethyl adjacent to an activating group) is 1. The largest absolute Gasteiger partial charge is 0.316 e. The number of rotatable bonds is 4. The fourth-order valence-electron chi connectivity index (χ4n) is 4.02. The third-order valence-corrected chi connectivity index (χ3v) is 5.45. The average molecular weight is 282 g/mol. The summed E-state index contributed by atoms with van der Waals surface area (Å²) < 4.78 is 13.5. The van der Waals surface area contributed by atoms with Crippen LogP contribution in [0.2, 0.25) is 5.02 Å². The van der Waals surface area contributed by atoms with Crippen LogP contribution in [0.25, 0.3) is 0 Å². The summed E-state index contributed by atoms with van der Waals surface area (Å²) >= 11 is 6.07. The van der Waals surface area contributed by atoms with Crippen LogP contribution < -0.4 is 5.32 Å². The first-order valence-electron chi connectivity index (χ1n) is 7.32. The number of benzene rings is 1. The molecule has 2 aliphatic carbocycles. The van der Waals surface area contributed by atoms with Gasteiger partial charge in [0.1, 0.15) is 5.82 Å². The lowest BCUT2D eigenvalue weighted by atomic mass is 10.00. The van der Waals surface area contributed by atoms with Gasteiger partial charge in [-0.25, -0.2) is 4.39 Å². The molecule has 3 atom stereocenters. The number of nitrogens with one attached hydrogen (secondary N) is 1. The van der Waals surface area contributed by atoms with Crippen molar-refractivity contribution in [2.24, 2.45) is 17.8 Å². The summed E-state index contributed by atoms with van der Waals surface area (Å²) in [6, 6.07) is 5.56. The Morgan fingerprint density at radius 2 is 2.00 bits per heavy atom. The predicted molar refractivity (Wildman–Crippen MR) is 76.9 cm³/mol. The topological polar surface area (TPSA) is 12.0 Å². The molecule has 1 aromatic rings. The Kier molecular flexibility index (Phi) is 3.81. The van der Waals surface area contributed by atoms with Gasteiger partial charge in [0.2, 0.25) is 0 Å². The second-order valence-corrected chi connectivity index (χ2v) is 6.38. The van der Waals surface area contributed by atoms with Gasteiger partial charge >= 0.3 is 0 Å². The molecule has 2 fully saturated rings. The normalized spacial score (nSPS) is 30.8. The van der Waals surface area contributed by atoms with E-state index in [2.05, 4.69) is 5.32 Å². The molecule has 0 heterocycles. The number of hydrogen-bond acceptors (Lipinski definition) is 1. The maximum atomic E-state index is 13.5. The molecule has 1 N–H and O–H groups in total. The lowest BCUT2D eigenvalue weighted by molar-refractivity contribution is 0.459. The first-order valence-corrected chi connectivity index (χ1v) is 7.70. The van der Waals surface area contributed by atoms with Crippen LogP contribution >= 0.6 is 11.6 Å². The van der Waals surface area contributed by atoms with E-state index in [1.807, 2.05) is 13.1 Å². The Bertz CT molecular complexity index is 450. The summed E-state index contributed by atoms with van der Waals surface area (Å²) in [5.74, 6) is 2.27. The van der Waals surface area contributed by atoms with E-state index < -0.39 is 0 Å². The first-order chi connectivity index (χ1) is 9.22. The van der Waals surface area contributed by atoms with E-state index in [1.54, 1.807) is 6.07 Å². The van der Waals surface area contributed by atoms with Crippen molar-refractivity contribution in [1.29, 1.82) is 0 Å². The van der Waals surface area contributed by atoms with Crippen LogP contribution in [-0.2, 0) is 6.42 Å². The smallest absolute Gasteiger partial charge is 0.142 e. The van der Waals surface area contributed by atoms with Gasteiger partial charge in [0.15, 0.2) is 0 Å². The van der Waals surface area contributed by atoms with Crippen molar-refractivity contribution in [2.45, 2.75) is 38.1 Å². The van der Waals surface area contributed by atoms with Crippen molar-refractivity contribution in [3.8, 4) is 0 Å². The van der Waals surface area contributed by atoms with Crippen molar-refractivity contribution in [2.75, 3.05) is 7.05 Å². The average Bonchev–Trinajstić information content (AvgIpc) is 3.15. The lowest BCUT2D eigenvalue weighted by Gasteiger charge is -2.17. The van der Waals surface area contributed by atoms with Gasteiger partial charge in [-0.15, -0.1) is 0 Å². The van der Waals surface area contributed by atoms with Crippen molar-refractivity contribution in [3.05, 3.63) is 34.6 Å². The highest BCUT2D eigenvalue weighted by molar-refractivity contribution is 6.31. The van der Waals surface area contributed by atoms with Crippen molar-refractivity contribution < 1.29 is 4.39 Å². The monoisotopic (exact) mass is 281 g/mol. The van der Waals surface area contributed by atoms with Crippen molar-refractivity contribution in [1.82, 2.24) is 5.32 Å². The zero-order valence-electron chi connectivity index (χ0n) is 11.3. The van der Waals surface area contributed by atoms with E-state index in [1.165, 1.54) is 31.7 Å². The van der Waals surface area contributed by atoms with E-state index >= 15 is 0 Å². The van der Waals surface area contributed by atoms with Gasteiger partial charge in [0, 0.05) is 6.04 Å². The summed E-state index contributed by atoms with van der Waals surface area (Å²) in [5, 5.41) is 3.73. The maximum Gasteiger partial charge on any atom is 0.142 e. The summed E-state index contributed by atoms with van der Waals surface area (Å²) in [7, 11) is 2.02. The molecule has 2 saturated carbocycles. The van der Waals surface area contributed by atoms with Gasteiger partial charge in [0.25, 0.3) is 0 Å². The summed E-state index contributed by atoms with van der Waals surface area (Å²) in [4.78, 5) is 0. The summed E-state index contributed by atoms with van der Waals surface area (Å²) in [5.41, 5.74) is 0.935. The Morgan fingerprint density at radius 3 is 2.63 bits per heavy atom. The summed E-state index contributed by atoms with van der Waals surface area (Å²) in [6.07, 6.45) is 6.36. The number of fused-ring (bicyclic) bond motifs is 1. The third-order valence-electron chi connectivity index (χ3n) is 5.03. The standard InChI is InChI=1S/C16H21ClFN/c1-19-14(15-11-6-2-3-7-12(11)15)9-10-5-4-8-13(18)16(10)17/h4-5,8,11-12,14-15,19H,2-3,6-7,9H2,1H3. The van der Waals surface area contributed by atoms with Gasteiger partial charge < -0.3 is 5.32 Å². The summed E-state index contributed by atoms with van der Waals surface area (Å²) in [6.45, 7) is 0. The van der Waals surface area contributed by atoms with Crippen molar-refractivity contribution in [3.63, 3.8) is 0 Å². The molecule has 0 saturated heterocycles. The molecule has 104 valence electrons. The molecule has 1 nitrogen and oxygen atoms in total. The highest BCUT2D eigenvalue weighted by Gasteiger charge is 2.53. The molecule has 0 bridgehead atoms. The van der Waals surface area contributed by atoms with Crippen LogP contribution in [0.5, 0.6) is 0 Å². The minimum absolute atomic E-state index is 0.298. The maximum absolute atomic E-state index is 13.5. The molecular weight excluding hydrogens is 261 g/mol. The SMILES string of the molecule is CNC(Cc1cccc(F)c1Cl)C1C2CCCCC21. The molecule has 3 unspecified atom stereocenters. The van der Waals surface area contributed by atoms with Gasteiger partial charge in [-0.05, 0) is 55.7 Å². The molecule has 0 aliphatic heterocycles. The minimum atomic E-state index is -0.303. The molecule has 0 radical (unpaired) electrons. The lowest BCUT2D eigenvalue weighted by Crippen LogP contribution is -2.31. The van der Waals surface area contributed by atoms with E-state index in [9.17, 15) is 4.39 Å². The van der Waals surface area contributed by atoms with Crippen LogP contribution in [0, 0.1) is 23.6 Å². The highest BCUT2D eigenvalue weighted by atomic mass is 35.5. The van der Waals surface area contributed by atoms with Gasteiger partial charge in [-0.2, -0.15) is 0 Å². The Labute approximate surface area is 119 Å². The molecule has 1 aromatic carbocycles. The first kappa shape index (κ1) is 13.4. The fourth-order valence-corrected chi connectivity index (χ4v) is 4.22. The molecule has 2 aliphatic rings. The Hall–Kier alpha value is -0.600. The van der Waals surface area contributed by atoms with Gasteiger partial charge in [-0.3, -0.25) is 0 Å². The van der Waals surface area contributed by atoms with Crippen LogP contribution in [0.4, 0.5) is 4.39 Å². The van der Waals surface area contributed by atoms with E-state index in [4.69, 9.17) is 11.6 Å². The third kappa shape index (κ3) is 2.53. The molecule has 0 amide bonds. The molecule has 3 heteroatoms. The predicted octanol–water partition coefficient (Wildman–Crippen LogP) is 4.05. The molecule has 19 heavy (non-hydrogen) atoms. The van der Waals surface area contributed by atoms with Crippen LogP contribution in [-0.4, -0.2) is 13.1 Å². The molecule has 0 spiro atoms. The molecule has 0 aromatic heterocycles. The van der Waals surface area contributed by atoms with Crippen LogP contribution in [0.15, 0.2) is 18.2 Å². The molecular formula is C16H21ClFN. The van der Waals surface area contributed by atoms with E-state index in [-0.39, 0.29) is 5.82 Å². The number of hydrogen-bond donors (Lipinski definition) is 1. The van der Waals surface area contributed by atoms with Crippen LogP contribution in [0.3, 0.4) is 0 Å². The zero-order chi connectivity index (χ0) is 13.4. The Balaban J connectivity index is 1.72. The van der Waals surface area contributed by atoms with E-state index in [0.29, 0.717) is 11.1 Å². The Morgan fingerprint density at radius 1 is 1.32 bits per heavy atom. The number of halogens is 2. The minimum Gasteiger partial charge on any atom is -0.316 e. The fraction of sp³-hybridized carbons (Fsp3) is 0.625. The van der Waals surface area contributed by atoms with E-state index in [0.717, 1.165) is 29.7 Å². The van der Waals surface area contributed by atoms with Gasteiger partial charge in [0.05, 0.1) is 5.02 Å². The second kappa shape index (κ2) is 5.41.